The third-order valence-corrected chi connectivity index (χ3v) is 14.7. The van der Waals surface area contributed by atoms with Crippen molar-refractivity contribution in [2.24, 2.45) is 0 Å². The topological polar surface area (TPSA) is 95.9 Å². The fourth-order valence-electron chi connectivity index (χ4n) is 9.94. The van der Waals surface area contributed by atoms with Crippen LogP contribution in [0.3, 0.4) is 0 Å². The quantitative estimate of drug-likeness (QED) is 0.0417. The number of unbranched alkanes of at least 4 members (excludes halogenated alkanes) is 47. The Bertz CT molecular complexity index is 959. The molecule has 0 bridgehead atoms. The third-order valence-electron chi connectivity index (χ3n) is 14.7. The summed E-state index contributed by atoms with van der Waals surface area (Å²) in [6, 6.07) is -0.552. The summed E-state index contributed by atoms with van der Waals surface area (Å²) in [5.74, 6) is -0.0490. The minimum Gasteiger partial charge on any atom is -0.466 e. The van der Waals surface area contributed by atoms with Crippen LogP contribution in [0.5, 0.6) is 0 Å². The fourth-order valence-corrected chi connectivity index (χ4v) is 9.94. The lowest BCUT2D eigenvalue weighted by molar-refractivity contribution is -0.143. The van der Waals surface area contributed by atoms with Gasteiger partial charge in [-0.25, -0.2) is 0 Å². The van der Waals surface area contributed by atoms with Crippen LogP contribution in [0.4, 0.5) is 0 Å². The maximum atomic E-state index is 12.5. The Kier molecular flexibility index (Phi) is 56.5. The van der Waals surface area contributed by atoms with E-state index in [0.717, 1.165) is 57.8 Å². The first kappa shape index (κ1) is 65.9. The van der Waals surface area contributed by atoms with Crippen LogP contribution in [0.1, 0.15) is 354 Å². The van der Waals surface area contributed by atoms with E-state index in [1.807, 2.05) is 0 Å². The van der Waals surface area contributed by atoms with E-state index in [1.54, 1.807) is 0 Å². The molecule has 2 unspecified atom stereocenters. The number of esters is 1. The number of rotatable bonds is 58. The molecule has 0 aliphatic heterocycles. The fraction of sp³-hybridized carbons (Fsp3) is 0.967. The number of amides is 1. The van der Waals surface area contributed by atoms with Crippen molar-refractivity contribution in [3.63, 3.8) is 0 Å². The standard InChI is InChI=1S/C61H121NO5/c1-3-5-7-9-11-13-15-17-19-21-23-24-25-27-29-33-37-41-45-49-53-59(64)58(57-63)62-60(65)54-50-46-42-38-34-31-32-36-40-44-48-52-56-67-61(66)55-51-47-43-39-35-30-28-26-22-20-18-16-14-12-10-8-6-4-2/h58-59,63-64H,3-57H2,1-2H3,(H,62,65). The molecule has 2 atom stereocenters. The van der Waals surface area contributed by atoms with Crippen molar-refractivity contribution < 1.29 is 24.5 Å². The van der Waals surface area contributed by atoms with E-state index in [-0.39, 0.29) is 18.5 Å². The zero-order valence-electron chi connectivity index (χ0n) is 45.7. The number of aliphatic hydroxyl groups is 2. The van der Waals surface area contributed by atoms with Crippen molar-refractivity contribution in [2.45, 2.75) is 366 Å². The van der Waals surface area contributed by atoms with Crippen molar-refractivity contribution in [2.75, 3.05) is 13.2 Å². The first-order valence-electron chi connectivity index (χ1n) is 30.8. The van der Waals surface area contributed by atoms with Gasteiger partial charge in [-0.2, -0.15) is 0 Å². The molecule has 6 nitrogen and oxygen atoms in total. The number of carbonyl (C=O) groups is 2. The SMILES string of the molecule is CCCCCCCCCCCCCCCCCCCCCCC(O)C(CO)NC(=O)CCCCCCCCCCCCCCOC(=O)CCCCCCCCCCCCCCCCCCCC. The van der Waals surface area contributed by atoms with Crippen molar-refractivity contribution in [1.82, 2.24) is 5.32 Å². The second-order valence-electron chi connectivity index (χ2n) is 21.4. The Morgan fingerprint density at radius 1 is 0.358 bits per heavy atom. The molecule has 3 N–H and O–H groups in total. The number of aliphatic hydroxyl groups excluding tert-OH is 2. The summed E-state index contributed by atoms with van der Waals surface area (Å²) in [7, 11) is 0. The van der Waals surface area contributed by atoms with Gasteiger partial charge in [-0.1, -0.05) is 316 Å². The van der Waals surface area contributed by atoms with Crippen molar-refractivity contribution in [3.8, 4) is 0 Å². The third kappa shape index (κ3) is 54.0. The van der Waals surface area contributed by atoms with Crippen molar-refractivity contribution >= 4 is 11.9 Å². The molecular formula is C61H121NO5. The average molecular weight is 949 g/mol. The second-order valence-corrected chi connectivity index (χ2v) is 21.4. The van der Waals surface area contributed by atoms with Crippen molar-refractivity contribution in [1.29, 1.82) is 0 Å². The lowest BCUT2D eigenvalue weighted by Gasteiger charge is -2.22. The monoisotopic (exact) mass is 948 g/mol. The summed E-state index contributed by atoms with van der Waals surface area (Å²) in [4.78, 5) is 24.6. The lowest BCUT2D eigenvalue weighted by atomic mass is 10.0. The van der Waals surface area contributed by atoms with Gasteiger partial charge in [-0.15, -0.1) is 0 Å². The molecule has 0 fully saturated rings. The summed E-state index contributed by atoms with van der Waals surface area (Å²) in [6.07, 6.45) is 66.7. The number of hydrogen-bond acceptors (Lipinski definition) is 5. The predicted octanol–water partition coefficient (Wildman–Crippen LogP) is 19.1. The summed E-state index contributed by atoms with van der Waals surface area (Å²) >= 11 is 0. The maximum Gasteiger partial charge on any atom is 0.305 e. The van der Waals surface area contributed by atoms with E-state index in [1.165, 1.54) is 263 Å². The summed E-state index contributed by atoms with van der Waals surface area (Å²) < 4.78 is 5.49. The van der Waals surface area contributed by atoms with Crippen molar-refractivity contribution in [3.05, 3.63) is 0 Å². The van der Waals surface area contributed by atoms with Crippen LogP contribution in [-0.4, -0.2) is 47.4 Å². The van der Waals surface area contributed by atoms with Gasteiger partial charge in [-0.3, -0.25) is 9.59 Å². The smallest absolute Gasteiger partial charge is 0.305 e. The van der Waals surface area contributed by atoms with Gasteiger partial charge in [0.2, 0.25) is 5.91 Å². The normalized spacial score (nSPS) is 12.5. The van der Waals surface area contributed by atoms with E-state index < -0.39 is 12.1 Å². The summed E-state index contributed by atoms with van der Waals surface area (Å²) in [5.41, 5.74) is 0. The van der Waals surface area contributed by atoms with Gasteiger partial charge < -0.3 is 20.3 Å². The highest BCUT2D eigenvalue weighted by Gasteiger charge is 2.20. The highest BCUT2D eigenvalue weighted by atomic mass is 16.5. The van der Waals surface area contributed by atoms with E-state index >= 15 is 0 Å². The molecule has 0 heterocycles. The molecule has 0 saturated heterocycles. The van der Waals surface area contributed by atoms with Crippen LogP contribution in [0.25, 0.3) is 0 Å². The van der Waals surface area contributed by atoms with Gasteiger partial charge in [-0.05, 0) is 25.7 Å². The number of hydrogen-bond donors (Lipinski definition) is 3. The zero-order chi connectivity index (χ0) is 48.6. The van der Waals surface area contributed by atoms with Crippen LogP contribution in [0.15, 0.2) is 0 Å². The zero-order valence-corrected chi connectivity index (χ0v) is 45.7. The summed E-state index contributed by atoms with van der Waals surface area (Å²) in [6.45, 7) is 4.96. The van der Waals surface area contributed by atoms with Gasteiger partial charge >= 0.3 is 5.97 Å². The second kappa shape index (κ2) is 57.4. The van der Waals surface area contributed by atoms with Crippen LogP contribution in [0, 0.1) is 0 Å². The molecular weight excluding hydrogens is 827 g/mol. The molecule has 0 aliphatic rings. The summed E-state index contributed by atoms with van der Waals surface area (Å²) in [5, 5.41) is 23.3. The molecule has 0 aromatic rings. The Morgan fingerprint density at radius 3 is 0.910 bits per heavy atom. The molecule has 6 heteroatoms. The molecule has 0 aromatic heterocycles. The van der Waals surface area contributed by atoms with Crippen LogP contribution in [0.2, 0.25) is 0 Å². The molecule has 0 rings (SSSR count). The van der Waals surface area contributed by atoms with Gasteiger partial charge in [0.15, 0.2) is 0 Å². The molecule has 1 amide bonds. The largest absolute Gasteiger partial charge is 0.466 e. The number of nitrogens with one attached hydrogen (secondary N) is 1. The Hall–Kier alpha value is -1.14. The number of carbonyl (C=O) groups excluding carboxylic acids is 2. The van der Waals surface area contributed by atoms with E-state index in [0.29, 0.717) is 25.9 Å². The maximum absolute atomic E-state index is 12.5. The molecule has 67 heavy (non-hydrogen) atoms. The van der Waals surface area contributed by atoms with Crippen LogP contribution in [-0.2, 0) is 14.3 Å². The van der Waals surface area contributed by atoms with Gasteiger partial charge in [0, 0.05) is 12.8 Å². The molecule has 400 valence electrons. The lowest BCUT2D eigenvalue weighted by Crippen LogP contribution is -2.45. The molecule has 0 radical (unpaired) electrons. The van der Waals surface area contributed by atoms with E-state index in [9.17, 15) is 19.8 Å². The first-order chi connectivity index (χ1) is 33.0. The van der Waals surface area contributed by atoms with E-state index in [4.69, 9.17) is 4.74 Å². The molecule has 0 aromatic carbocycles. The highest BCUT2D eigenvalue weighted by Crippen LogP contribution is 2.18. The Balaban J connectivity index is 3.42. The molecule has 0 spiro atoms. The van der Waals surface area contributed by atoms with Gasteiger partial charge in [0.05, 0.1) is 25.4 Å². The molecule has 0 saturated carbocycles. The van der Waals surface area contributed by atoms with Crippen LogP contribution < -0.4 is 5.32 Å². The first-order valence-corrected chi connectivity index (χ1v) is 30.8. The van der Waals surface area contributed by atoms with E-state index in [2.05, 4.69) is 19.2 Å². The minimum atomic E-state index is -0.674. The molecule has 0 aliphatic carbocycles. The van der Waals surface area contributed by atoms with Gasteiger partial charge in [0.25, 0.3) is 0 Å². The predicted molar refractivity (Wildman–Crippen MR) is 292 cm³/mol. The average Bonchev–Trinajstić information content (AvgIpc) is 3.33. The van der Waals surface area contributed by atoms with Crippen LogP contribution >= 0.6 is 0 Å². The highest BCUT2D eigenvalue weighted by molar-refractivity contribution is 5.76. The Labute approximate surface area is 419 Å². The van der Waals surface area contributed by atoms with Gasteiger partial charge in [0.1, 0.15) is 0 Å². The Morgan fingerprint density at radius 2 is 0.612 bits per heavy atom. The minimum absolute atomic E-state index is 0.00326. The number of ether oxygens (including phenoxy) is 1.